The van der Waals surface area contributed by atoms with Crippen LogP contribution in [0.15, 0.2) is 12.4 Å². The van der Waals surface area contributed by atoms with E-state index in [4.69, 9.17) is 4.74 Å². The molecule has 1 heterocycles. The topological polar surface area (TPSA) is 81.2 Å². The molecule has 6 nitrogen and oxygen atoms in total. The molecule has 124 valence electrons. The highest BCUT2D eigenvalue weighted by Gasteiger charge is 2.16. The lowest BCUT2D eigenvalue weighted by Crippen LogP contribution is -2.22. The van der Waals surface area contributed by atoms with E-state index in [9.17, 15) is 8.42 Å². The van der Waals surface area contributed by atoms with Crippen molar-refractivity contribution in [2.45, 2.75) is 57.6 Å². The zero-order valence-corrected chi connectivity index (χ0v) is 14.1. The molecule has 2 rings (SSSR count). The summed E-state index contributed by atoms with van der Waals surface area (Å²) < 4.78 is 28.3. The third-order valence-corrected chi connectivity index (χ3v) is 4.75. The molecule has 1 unspecified atom stereocenters. The van der Waals surface area contributed by atoms with Crippen molar-refractivity contribution in [3.63, 3.8) is 0 Å². The van der Waals surface area contributed by atoms with E-state index in [2.05, 4.69) is 15.3 Å². The first kappa shape index (κ1) is 17.0. The highest BCUT2D eigenvalue weighted by Crippen LogP contribution is 2.22. The summed E-state index contributed by atoms with van der Waals surface area (Å²) in [6, 6.07) is 0.00829. The van der Waals surface area contributed by atoms with Crippen LogP contribution in [-0.2, 0) is 9.84 Å². The molecule has 1 atom stereocenters. The number of rotatable bonds is 7. The second kappa shape index (κ2) is 7.76. The van der Waals surface area contributed by atoms with Crippen LogP contribution in [-0.4, -0.2) is 42.5 Å². The Hall–Kier alpha value is -1.37. The summed E-state index contributed by atoms with van der Waals surface area (Å²) >= 11 is 0. The summed E-state index contributed by atoms with van der Waals surface area (Å²) in [6.45, 7) is 1.93. The maximum Gasteiger partial charge on any atom is 0.234 e. The van der Waals surface area contributed by atoms with E-state index in [-0.39, 0.29) is 17.9 Å². The molecular formula is C15H25N3O3S. The zero-order valence-electron chi connectivity index (χ0n) is 13.3. The number of sulfone groups is 1. The number of aromatic nitrogens is 2. The molecule has 0 spiro atoms. The molecule has 1 aliphatic rings. The average molecular weight is 327 g/mol. The van der Waals surface area contributed by atoms with Gasteiger partial charge in [0.2, 0.25) is 5.88 Å². The molecule has 1 aliphatic carbocycles. The maximum absolute atomic E-state index is 11.2. The van der Waals surface area contributed by atoms with Crippen molar-refractivity contribution in [3.8, 4) is 5.88 Å². The third kappa shape index (κ3) is 6.17. The molecule has 1 aromatic heterocycles. The van der Waals surface area contributed by atoms with Crippen molar-refractivity contribution in [2.24, 2.45) is 0 Å². The van der Waals surface area contributed by atoms with Gasteiger partial charge >= 0.3 is 0 Å². The fourth-order valence-electron chi connectivity index (χ4n) is 2.54. The minimum atomic E-state index is -2.94. The Kier molecular flexibility index (Phi) is 5.99. The number of ether oxygens (including phenoxy) is 1. The van der Waals surface area contributed by atoms with E-state index < -0.39 is 9.84 Å². The molecule has 7 heteroatoms. The third-order valence-electron chi connectivity index (χ3n) is 3.77. The van der Waals surface area contributed by atoms with Crippen molar-refractivity contribution in [2.75, 3.05) is 17.3 Å². The van der Waals surface area contributed by atoms with Gasteiger partial charge in [-0.1, -0.05) is 6.42 Å². The van der Waals surface area contributed by atoms with Crippen LogP contribution in [0.5, 0.6) is 5.88 Å². The van der Waals surface area contributed by atoms with Crippen molar-refractivity contribution < 1.29 is 13.2 Å². The SMILES string of the molecule is CC(CCS(C)(=O)=O)Nc1cncc(OC2CCCCC2)n1. The van der Waals surface area contributed by atoms with Crippen LogP contribution in [0.3, 0.4) is 0 Å². The quantitative estimate of drug-likeness (QED) is 0.828. The summed E-state index contributed by atoms with van der Waals surface area (Å²) in [5, 5.41) is 3.17. The molecular weight excluding hydrogens is 302 g/mol. The fraction of sp³-hybridized carbons (Fsp3) is 0.733. The Morgan fingerprint density at radius 3 is 2.73 bits per heavy atom. The second-order valence-electron chi connectivity index (χ2n) is 6.08. The molecule has 1 saturated carbocycles. The highest BCUT2D eigenvalue weighted by molar-refractivity contribution is 7.90. The van der Waals surface area contributed by atoms with Gasteiger partial charge in [-0.05, 0) is 39.0 Å². The summed E-state index contributed by atoms with van der Waals surface area (Å²) in [5.41, 5.74) is 0. The minimum Gasteiger partial charge on any atom is -0.473 e. The lowest BCUT2D eigenvalue weighted by atomic mass is 9.98. The maximum atomic E-state index is 11.2. The van der Waals surface area contributed by atoms with Crippen LogP contribution in [0.4, 0.5) is 5.82 Å². The summed E-state index contributed by atoms with van der Waals surface area (Å²) in [4.78, 5) is 8.55. The second-order valence-corrected chi connectivity index (χ2v) is 8.34. The highest BCUT2D eigenvalue weighted by atomic mass is 32.2. The summed E-state index contributed by atoms with van der Waals surface area (Å²) in [5.74, 6) is 1.31. The molecule has 1 N–H and O–H groups in total. The van der Waals surface area contributed by atoms with Gasteiger partial charge in [0.15, 0.2) is 0 Å². The molecule has 0 aromatic carbocycles. The first-order valence-corrected chi connectivity index (χ1v) is 9.91. The van der Waals surface area contributed by atoms with Gasteiger partial charge in [0.1, 0.15) is 21.8 Å². The predicted octanol–water partition coefficient (Wildman–Crippen LogP) is 2.42. The number of nitrogens with zero attached hydrogens (tertiary/aromatic N) is 2. The molecule has 1 fully saturated rings. The lowest BCUT2D eigenvalue weighted by molar-refractivity contribution is 0.148. The Morgan fingerprint density at radius 2 is 2.05 bits per heavy atom. The molecule has 0 saturated heterocycles. The van der Waals surface area contributed by atoms with Crippen molar-refractivity contribution in [3.05, 3.63) is 12.4 Å². The van der Waals surface area contributed by atoms with E-state index >= 15 is 0 Å². The molecule has 0 aliphatic heterocycles. The van der Waals surface area contributed by atoms with Gasteiger partial charge in [-0.15, -0.1) is 0 Å². The van der Waals surface area contributed by atoms with Gasteiger partial charge in [-0.3, -0.25) is 4.98 Å². The number of nitrogens with one attached hydrogen (secondary N) is 1. The Labute approximate surface area is 132 Å². The van der Waals surface area contributed by atoms with Gasteiger partial charge in [0.05, 0.1) is 18.1 Å². The van der Waals surface area contributed by atoms with Crippen LogP contribution in [0.2, 0.25) is 0 Å². The van der Waals surface area contributed by atoms with Crippen LogP contribution in [0.1, 0.15) is 45.4 Å². The van der Waals surface area contributed by atoms with Gasteiger partial charge in [0.25, 0.3) is 0 Å². The average Bonchev–Trinajstić information content (AvgIpc) is 2.46. The first-order valence-electron chi connectivity index (χ1n) is 7.85. The lowest BCUT2D eigenvalue weighted by Gasteiger charge is -2.22. The van der Waals surface area contributed by atoms with Gasteiger partial charge in [0, 0.05) is 12.3 Å². The van der Waals surface area contributed by atoms with E-state index in [0.29, 0.717) is 18.1 Å². The van der Waals surface area contributed by atoms with E-state index in [1.807, 2.05) is 6.92 Å². The fourth-order valence-corrected chi connectivity index (χ4v) is 3.33. The van der Waals surface area contributed by atoms with Gasteiger partial charge < -0.3 is 10.1 Å². The molecule has 0 radical (unpaired) electrons. The zero-order chi connectivity index (χ0) is 16.0. The normalized spacial score (nSPS) is 17.9. The molecule has 0 bridgehead atoms. The van der Waals surface area contributed by atoms with Crippen LogP contribution in [0, 0.1) is 0 Å². The van der Waals surface area contributed by atoms with E-state index in [1.165, 1.54) is 25.5 Å². The van der Waals surface area contributed by atoms with Gasteiger partial charge in [-0.2, -0.15) is 4.98 Å². The Balaban J connectivity index is 1.87. The molecule has 22 heavy (non-hydrogen) atoms. The number of hydrogen-bond donors (Lipinski definition) is 1. The van der Waals surface area contributed by atoms with E-state index in [1.54, 1.807) is 12.4 Å². The Morgan fingerprint density at radius 1 is 1.32 bits per heavy atom. The smallest absolute Gasteiger partial charge is 0.234 e. The van der Waals surface area contributed by atoms with Crippen molar-refractivity contribution in [1.82, 2.24) is 9.97 Å². The molecule has 1 aromatic rings. The molecule has 0 amide bonds. The van der Waals surface area contributed by atoms with E-state index in [0.717, 1.165) is 12.8 Å². The van der Waals surface area contributed by atoms with Gasteiger partial charge in [-0.25, -0.2) is 8.42 Å². The summed E-state index contributed by atoms with van der Waals surface area (Å²) in [7, 11) is -2.94. The largest absolute Gasteiger partial charge is 0.473 e. The number of anilines is 1. The predicted molar refractivity (Wildman–Crippen MR) is 86.9 cm³/mol. The number of hydrogen-bond acceptors (Lipinski definition) is 6. The van der Waals surface area contributed by atoms with Crippen LogP contribution < -0.4 is 10.1 Å². The van der Waals surface area contributed by atoms with Crippen molar-refractivity contribution in [1.29, 1.82) is 0 Å². The standard InChI is InChI=1S/C15H25N3O3S/c1-12(8-9-22(2,19)20)17-14-10-16-11-15(18-14)21-13-6-4-3-5-7-13/h10-13H,3-9H2,1-2H3,(H,17,18). The Bertz CT molecular complexity index is 571. The van der Waals surface area contributed by atoms with Crippen molar-refractivity contribution >= 4 is 15.7 Å². The van der Waals surface area contributed by atoms with Crippen LogP contribution >= 0.6 is 0 Å². The summed E-state index contributed by atoms with van der Waals surface area (Å²) in [6.07, 6.45) is 11.1. The first-order chi connectivity index (χ1) is 10.4. The minimum absolute atomic E-state index is 0.00829. The van der Waals surface area contributed by atoms with Crippen LogP contribution in [0.25, 0.3) is 0 Å². The monoisotopic (exact) mass is 327 g/mol.